The van der Waals surface area contributed by atoms with Crippen LogP contribution in [-0.4, -0.2) is 12.2 Å². The fourth-order valence-corrected chi connectivity index (χ4v) is 3.24. The van der Waals surface area contributed by atoms with E-state index in [2.05, 4.69) is 17.1 Å². The maximum Gasteiger partial charge on any atom is 0.289 e. The van der Waals surface area contributed by atoms with Gasteiger partial charge >= 0.3 is 0 Å². The number of ether oxygens (including phenoxy) is 1. The van der Waals surface area contributed by atoms with Crippen LogP contribution in [0.4, 0.5) is 5.82 Å². The number of hydrogen-bond donors (Lipinski definition) is 2. The van der Waals surface area contributed by atoms with Crippen LogP contribution in [0.5, 0.6) is 11.5 Å². The van der Waals surface area contributed by atoms with Crippen molar-refractivity contribution in [2.24, 2.45) is 0 Å². The summed E-state index contributed by atoms with van der Waals surface area (Å²) in [5.74, 6) is 0.654. The summed E-state index contributed by atoms with van der Waals surface area (Å²) in [7, 11) is 1.49. The van der Waals surface area contributed by atoms with E-state index in [0.29, 0.717) is 28.1 Å². The minimum absolute atomic E-state index is 0.0283. The number of fused-ring (bicyclic) bond motifs is 1. The van der Waals surface area contributed by atoms with Gasteiger partial charge < -0.3 is 9.84 Å². The van der Waals surface area contributed by atoms with Crippen LogP contribution < -0.4 is 15.5 Å². The highest BCUT2D eigenvalue weighted by Gasteiger charge is 2.32. The highest BCUT2D eigenvalue weighted by Crippen LogP contribution is 2.43. The number of pyridine rings is 1. The molecule has 1 aliphatic carbocycles. The first-order valence-corrected chi connectivity index (χ1v) is 7.89. The van der Waals surface area contributed by atoms with Crippen LogP contribution in [0.2, 0.25) is 0 Å². The van der Waals surface area contributed by atoms with E-state index in [9.17, 15) is 15.6 Å². The molecule has 3 rings (SSSR count). The van der Waals surface area contributed by atoms with E-state index in [1.807, 2.05) is 26.0 Å². The molecule has 0 radical (unpaired) electrons. The summed E-state index contributed by atoms with van der Waals surface area (Å²) in [4.78, 5) is 2.99. The van der Waals surface area contributed by atoms with Crippen LogP contribution in [0.3, 0.4) is 0 Å². The van der Waals surface area contributed by atoms with Gasteiger partial charge in [0, 0.05) is 5.56 Å². The molecular weight excluding hydrogens is 328 g/mol. The van der Waals surface area contributed by atoms with E-state index in [4.69, 9.17) is 10.5 Å². The van der Waals surface area contributed by atoms with E-state index < -0.39 is 0 Å². The quantitative estimate of drug-likeness (QED) is 0.868. The Morgan fingerprint density at radius 3 is 2.54 bits per heavy atom. The topological polar surface area (TPSA) is 117 Å². The number of rotatable bonds is 2. The number of nitrogens with one attached hydrogen (secondary N) is 1. The third-order valence-electron chi connectivity index (χ3n) is 4.56. The number of hydrogen-bond acceptors (Lipinski definition) is 5. The molecule has 1 aromatic heterocycles. The van der Waals surface area contributed by atoms with E-state index in [0.717, 1.165) is 22.3 Å². The van der Waals surface area contributed by atoms with Crippen molar-refractivity contribution >= 4 is 23.0 Å². The van der Waals surface area contributed by atoms with Gasteiger partial charge in [0.05, 0.1) is 7.11 Å². The molecule has 6 heteroatoms. The van der Waals surface area contributed by atoms with Gasteiger partial charge in [-0.1, -0.05) is 6.07 Å². The van der Waals surface area contributed by atoms with Crippen molar-refractivity contribution in [3.05, 3.63) is 51.7 Å². The van der Waals surface area contributed by atoms with Crippen LogP contribution in [0.25, 0.3) is 17.2 Å². The average Bonchev–Trinajstić information content (AvgIpc) is 2.86. The molecule has 0 amide bonds. The molecule has 1 aliphatic rings. The number of aromatic hydroxyl groups is 1. The smallest absolute Gasteiger partial charge is 0.289 e. The largest absolute Gasteiger partial charge is 0.504 e. The van der Waals surface area contributed by atoms with E-state index in [1.165, 1.54) is 7.11 Å². The number of nitrogen functional groups attached to an aromatic ring is 1. The molecule has 0 spiro atoms. The van der Waals surface area contributed by atoms with Crippen LogP contribution in [0.15, 0.2) is 23.8 Å². The number of aromatic amines is 1. The SMILES string of the molecule is COc1ccc(C=C2C(C)=C(C#N)c3[nH+]c(N)c(C#N)c(C)c32)cc1O. The molecule has 0 aliphatic heterocycles. The van der Waals surface area contributed by atoms with Gasteiger partial charge in [-0.15, -0.1) is 0 Å². The molecule has 0 unspecified atom stereocenters. The normalized spacial score (nSPS) is 14.1. The number of aromatic nitrogens is 1. The molecule has 0 saturated carbocycles. The van der Waals surface area contributed by atoms with Crippen molar-refractivity contribution in [1.29, 1.82) is 10.5 Å². The molecule has 1 aromatic carbocycles. The zero-order valence-corrected chi connectivity index (χ0v) is 14.6. The number of H-pyrrole nitrogens is 1. The van der Waals surface area contributed by atoms with Crippen LogP contribution in [0.1, 0.15) is 34.9 Å². The van der Waals surface area contributed by atoms with Gasteiger partial charge in [0.2, 0.25) is 0 Å². The maximum atomic E-state index is 10.0. The molecule has 0 bridgehead atoms. The number of allylic oxidation sites excluding steroid dienone is 3. The number of anilines is 1. The summed E-state index contributed by atoms with van der Waals surface area (Å²) in [5.41, 5.74) is 11.2. The van der Waals surface area contributed by atoms with Crippen molar-refractivity contribution < 1.29 is 14.8 Å². The van der Waals surface area contributed by atoms with Crippen molar-refractivity contribution in [3.63, 3.8) is 0 Å². The van der Waals surface area contributed by atoms with Crippen molar-refractivity contribution in [2.45, 2.75) is 13.8 Å². The lowest BCUT2D eigenvalue weighted by Gasteiger charge is -2.09. The Bertz CT molecular complexity index is 1080. The summed E-state index contributed by atoms with van der Waals surface area (Å²) in [6, 6.07) is 9.38. The van der Waals surface area contributed by atoms with Crippen molar-refractivity contribution in [3.8, 4) is 23.6 Å². The molecular formula is C20H17N4O2+. The lowest BCUT2D eigenvalue weighted by Crippen LogP contribution is -2.20. The Hall–Kier alpha value is -3.77. The lowest BCUT2D eigenvalue weighted by molar-refractivity contribution is -0.364. The second-order valence-electron chi connectivity index (χ2n) is 6.00. The Morgan fingerprint density at radius 1 is 1.23 bits per heavy atom. The van der Waals surface area contributed by atoms with E-state index in [1.54, 1.807) is 12.1 Å². The monoisotopic (exact) mass is 345 g/mol. The first-order valence-electron chi connectivity index (χ1n) is 7.89. The molecule has 0 saturated heterocycles. The highest BCUT2D eigenvalue weighted by molar-refractivity contribution is 6.07. The van der Waals surface area contributed by atoms with Crippen molar-refractivity contribution in [1.82, 2.24) is 0 Å². The summed E-state index contributed by atoms with van der Waals surface area (Å²) in [6.45, 7) is 3.66. The Balaban J connectivity index is 2.28. The minimum atomic E-state index is 0.0283. The van der Waals surface area contributed by atoms with Crippen LogP contribution in [-0.2, 0) is 0 Å². The number of nitrogens with two attached hydrogens (primary N) is 1. The van der Waals surface area contributed by atoms with Gasteiger partial charge in [-0.25, -0.2) is 4.98 Å². The summed E-state index contributed by atoms with van der Waals surface area (Å²) < 4.78 is 5.07. The predicted octanol–water partition coefficient (Wildman–Crippen LogP) is 2.83. The van der Waals surface area contributed by atoms with E-state index >= 15 is 0 Å². The molecule has 6 nitrogen and oxygen atoms in total. The highest BCUT2D eigenvalue weighted by atomic mass is 16.5. The number of methoxy groups -OCH3 is 1. The number of benzene rings is 1. The standard InChI is InChI=1S/C20H16N4O2/c1-10-13(6-12-4-5-17(26-3)16(25)7-12)18-11(2)15(9-22)20(23)24-19(18)14(10)8-21/h4-7,25H,1-3H3,(H2,23,24)/p+1. The molecule has 2 aromatic rings. The molecule has 128 valence electrons. The lowest BCUT2D eigenvalue weighted by atomic mass is 9.95. The second kappa shape index (κ2) is 6.27. The van der Waals surface area contributed by atoms with Gasteiger partial charge in [-0.05, 0) is 54.3 Å². The number of phenols is 1. The van der Waals surface area contributed by atoms with Crippen molar-refractivity contribution in [2.75, 3.05) is 12.8 Å². The van der Waals surface area contributed by atoms with Crippen LogP contribution in [0, 0.1) is 29.6 Å². The Labute approximate surface area is 151 Å². The van der Waals surface area contributed by atoms with Crippen LogP contribution >= 0.6 is 0 Å². The fourth-order valence-electron chi connectivity index (χ4n) is 3.24. The zero-order valence-electron chi connectivity index (χ0n) is 14.6. The molecule has 0 atom stereocenters. The average molecular weight is 345 g/mol. The molecule has 26 heavy (non-hydrogen) atoms. The summed E-state index contributed by atoms with van der Waals surface area (Å²) >= 11 is 0. The fraction of sp³-hybridized carbons (Fsp3) is 0.150. The van der Waals surface area contributed by atoms with Gasteiger partial charge in [-0.2, -0.15) is 10.5 Å². The minimum Gasteiger partial charge on any atom is -0.504 e. The van der Waals surface area contributed by atoms with Gasteiger partial charge in [0.15, 0.2) is 17.2 Å². The van der Waals surface area contributed by atoms with Gasteiger partial charge in [0.25, 0.3) is 5.82 Å². The number of phenolic OH excluding ortho intramolecular Hbond substituents is 1. The predicted molar refractivity (Wildman–Crippen MR) is 97.6 cm³/mol. The molecule has 0 fully saturated rings. The Morgan fingerprint density at radius 2 is 1.96 bits per heavy atom. The first kappa shape index (κ1) is 17.1. The summed E-state index contributed by atoms with van der Waals surface area (Å²) in [6.07, 6.45) is 1.87. The first-order chi connectivity index (χ1) is 12.4. The number of nitriles is 2. The third-order valence-corrected chi connectivity index (χ3v) is 4.56. The van der Waals surface area contributed by atoms with E-state index in [-0.39, 0.29) is 11.6 Å². The molecule has 4 N–H and O–H groups in total. The van der Waals surface area contributed by atoms with Gasteiger partial charge in [-0.3, -0.25) is 5.73 Å². The second-order valence-corrected chi connectivity index (χ2v) is 6.00. The Kier molecular flexibility index (Phi) is 4.11. The zero-order chi connectivity index (χ0) is 19.0. The van der Waals surface area contributed by atoms with Gasteiger partial charge in [0.1, 0.15) is 23.3 Å². The summed E-state index contributed by atoms with van der Waals surface area (Å²) in [5, 5.41) is 29.0. The third kappa shape index (κ3) is 2.45. The maximum absolute atomic E-state index is 10.0. The molecule has 1 heterocycles. The number of nitrogens with zero attached hydrogens (tertiary/aromatic N) is 2.